The minimum atomic E-state index is 0.518. The lowest BCUT2D eigenvalue weighted by Gasteiger charge is -1.95. The normalized spacial score (nSPS) is 10.8. The van der Waals surface area contributed by atoms with E-state index in [0.29, 0.717) is 5.82 Å². The van der Waals surface area contributed by atoms with E-state index >= 15 is 0 Å². The third-order valence-electron chi connectivity index (χ3n) is 1.72. The maximum absolute atomic E-state index is 5.62. The second-order valence-corrected chi connectivity index (χ2v) is 3.60. The fourth-order valence-electron chi connectivity index (χ4n) is 1.18. The van der Waals surface area contributed by atoms with Crippen LogP contribution in [0.5, 0.6) is 0 Å². The van der Waals surface area contributed by atoms with Crippen molar-refractivity contribution in [3.05, 3.63) is 22.3 Å². The molecule has 2 aromatic rings. The zero-order valence-corrected chi connectivity index (χ0v) is 8.14. The highest BCUT2D eigenvalue weighted by Crippen LogP contribution is 2.22. The number of fused-ring (bicyclic) bond motifs is 1. The molecule has 4 heteroatoms. The summed E-state index contributed by atoms with van der Waals surface area (Å²) in [5.74, 6) is 0.518. The molecule has 0 unspecified atom stereocenters. The summed E-state index contributed by atoms with van der Waals surface area (Å²) in [5, 5.41) is 1.08. The number of nitrogens with two attached hydrogens (primary N) is 1. The first-order chi connectivity index (χ1) is 5.66. The van der Waals surface area contributed by atoms with Gasteiger partial charge in [-0.2, -0.15) is 0 Å². The molecular weight excluding hydrogens is 218 g/mol. The summed E-state index contributed by atoms with van der Waals surface area (Å²) in [6, 6.07) is 3.99. The van der Waals surface area contributed by atoms with Crippen LogP contribution in [0.3, 0.4) is 0 Å². The van der Waals surface area contributed by atoms with Gasteiger partial charge in [-0.1, -0.05) is 0 Å². The second kappa shape index (κ2) is 2.48. The molecule has 3 N–H and O–H groups in total. The number of anilines is 1. The van der Waals surface area contributed by atoms with Crippen molar-refractivity contribution >= 4 is 32.8 Å². The lowest BCUT2D eigenvalue weighted by atomic mass is 10.3. The number of halogens is 1. The number of nitrogens with zero attached hydrogens (tertiary/aromatic N) is 1. The topological polar surface area (TPSA) is 54.7 Å². The lowest BCUT2D eigenvalue weighted by molar-refractivity contribution is 1.25. The number of aromatic amines is 1. The van der Waals surface area contributed by atoms with Gasteiger partial charge in [0.2, 0.25) is 0 Å². The predicted molar refractivity (Wildman–Crippen MR) is 52.9 cm³/mol. The van der Waals surface area contributed by atoms with Crippen LogP contribution in [-0.4, -0.2) is 9.97 Å². The lowest BCUT2D eigenvalue weighted by Crippen LogP contribution is -1.91. The van der Waals surface area contributed by atoms with E-state index in [1.807, 2.05) is 19.1 Å². The van der Waals surface area contributed by atoms with Gasteiger partial charge in [-0.05, 0) is 35.0 Å². The minimum absolute atomic E-state index is 0.518. The highest BCUT2D eigenvalue weighted by molar-refractivity contribution is 9.10. The zero-order chi connectivity index (χ0) is 8.72. The zero-order valence-electron chi connectivity index (χ0n) is 6.56. The van der Waals surface area contributed by atoms with Gasteiger partial charge in [0, 0.05) is 11.1 Å². The number of hydrogen-bond donors (Lipinski definition) is 2. The summed E-state index contributed by atoms with van der Waals surface area (Å²) >= 11 is 3.32. The van der Waals surface area contributed by atoms with Crippen LogP contribution < -0.4 is 5.73 Å². The maximum Gasteiger partial charge on any atom is 0.140 e. The summed E-state index contributed by atoms with van der Waals surface area (Å²) in [5.41, 5.74) is 7.55. The Morgan fingerprint density at radius 3 is 3.00 bits per heavy atom. The molecule has 62 valence electrons. The Kier molecular flexibility index (Phi) is 1.58. The van der Waals surface area contributed by atoms with E-state index in [9.17, 15) is 0 Å². The van der Waals surface area contributed by atoms with Gasteiger partial charge < -0.3 is 10.7 Å². The van der Waals surface area contributed by atoms with Crippen molar-refractivity contribution in [2.24, 2.45) is 0 Å². The van der Waals surface area contributed by atoms with E-state index < -0.39 is 0 Å². The number of nitrogen functional groups attached to an aromatic ring is 1. The second-order valence-electron chi connectivity index (χ2n) is 2.75. The van der Waals surface area contributed by atoms with Gasteiger partial charge in [0.1, 0.15) is 11.5 Å². The first-order valence-electron chi connectivity index (χ1n) is 3.58. The molecule has 3 nitrogen and oxygen atoms in total. The van der Waals surface area contributed by atoms with Gasteiger partial charge in [0.15, 0.2) is 0 Å². The standard InChI is InChI=1S/C8H8BrN3/c1-4-2-5-3-6(9)7(10)12-8(5)11-4/h2-3H,1H3,(H3,10,11,12). The summed E-state index contributed by atoms with van der Waals surface area (Å²) in [6.07, 6.45) is 0. The molecule has 0 aliphatic rings. The number of nitrogens with one attached hydrogen (secondary N) is 1. The highest BCUT2D eigenvalue weighted by atomic mass is 79.9. The Morgan fingerprint density at radius 1 is 1.50 bits per heavy atom. The van der Waals surface area contributed by atoms with E-state index in [1.165, 1.54) is 0 Å². The summed E-state index contributed by atoms with van der Waals surface area (Å²) in [4.78, 5) is 7.29. The van der Waals surface area contributed by atoms with Crippen LogP contribution in [0.15, 0.2) is 16.6 Å². The minimum Gasteiger partial charge on any atom is -0.383 e. The van der Waals surface area contributed by atoms with Gasteiger partial charge >= 0.3 is 0 Å². The van der Waals surface area contributed by atoms with Crippen LogP contribution in [0.4, 0.5) is 5.82 Å². The van der Waals surface area contributed by atoms with Crippen molar-refractivity contribution in [1.82, 2.24) is 9.97 Å². The first-order valence-corrected chi connectivity index (χ1v) is 4.37. The molecule has 0 saturated carbocycles. The molecule has 0 aliphatic carbocycles. The Labute approximate surface area is 78.1 Å². The van der Waals surface area contributed by atoms with Crippen LogP contribution in [0.2, 0.25) is 0 Å². The Balaban J connectivity index is 2.83. The van der Waals surface area contributed by atoms with E-state index in [-0.39, 0.29) is 0 Å². The fraction of sp³-hybridized carbons (Fsp3) is 0.125. The molecule has 0 fully saturated rings. The SMILES string of the molecule is Cc1cc2cc(Br)c(N)nc2[nH]1. The summed E-state index contributed by atoms with van der Waals surface area (Å²) in [7, 11) is 0. The van der Waals surface area contributed by atoms with Crippen molar-refractivity contribution in [2.75, 3.05) is 5.73 Å². The van der Waals surface area contributed by atoms with Crippen LogP contribution >= 0.6 is 15.9 Å². The van der Waals surface area contributed by atoms with Gasteiger partial charge in [0.25, 0.3) is 0 Å². The van der Waals surface area contributed by atoms with Crippen molar-refractivity contribution in [1.29, 1.82) is 0 Å². The van der Waals surface area contributed by atoms with E-state index in [0.717, 1.165) is 21.2 Å². The third-order valence-corrected chi connectivity index (χ3v) is 2.36. The van der Waals surface area contributed by atoms with Crippen molar-refractivity contribution in [3.63, 3.8) is 0 Å². The highest BCUT2D eigenvalue weighted by Gasteiger charge is 2.02. The quantitative estimate of drug-likeness (QED) is 0.723. The number of hydrogen-bond acceptors (Lipinski definition) is 2. The molecule has 0 amide bonds. The number of pyridine rings is 1. The Hall–Kier alpha value is -1.03. The predicted octanol–water partition coefficient (Wildman–Crippen LogP) is 2.22. The van der Waals surface area contributed by atoms with E-state index in [4.69, 9.17) is 5.73 Å². The number of aromatic nitrogens is 2. The van der Waals surface area contributed by atoms with Crippen molar-refractivity contribution in [3.8, 4) is 0 Å². The fourth-order valence-corrected chi connectivity index (χ4v) is 1.52. The molecule has 2 rings (SSSR count). The Morgan fingerprint density at radius 2 is 2.25 bits per heavy atom. The molecule has 12 heavy (non-hydrogen) atoms. The number of rotatable bonds is 0. The molecule has 0 aromatic carbocycles. The van der Waals surface area contributed by atoms with Crippen LogP contribution in [-0.2, 0) is 0 Å². The summed E-state index contributed by atoms with van der Waals surface area (Å²) < 4.78 is 0.842. The molecule has 0 bridgehead atoms. The smallest absolute Gasteiger partial charge is 0.140 e. The molecule has 0 saturated heterocycles. The molecular formula is C8H8BrN3. The van der Waals surface area contributed by atoms with Crippen molar-refractivity contribution in [2.45, 2.75) is 6.92 Å². The van der Waals surface area contributed by atoms with Crippen LogP contribution in [0.1, 0.15) is 5.69 Å². The molecule has 0 atom stereocenters. The summed E-state index contributed by atoms with van der Waals surface area (Å²) in [6.45, 7) is 1.99. The molecule has 0 radical (unpaired) electrons. The van der Waals surface area contributed by atoms with Gasteiger partial charge in [-0.3, -0.25) is 0 Å². The van der Waals surface area contributed by atoms with E-state index in [2.05, 4.69) is 25.9 Å². The third kappa shape index (κ3) is 1.08. The van der Waals surface area contributed by atoms with E-state index in [1.54, 1.807) is 0 Å². The first kappa shape index (κ1) is 7.61. The van der Waals surface area contributed by atoms with Gasteiger partial charge in [0.05, 0.1) is 4.47 Å². The van der Waals surface area contributed by atoms with Crippen molar-refractivity contribution < 1.29 is 0 Å². The average Bonchev–Trinajstić information content (AvgIpc) is 2.30. The molecule has 2 aromatic heterocycles. The maximum atomic E-state index is 5.62. The number of aryl methyl sites for hydroxylation is 1. The number of H-pyrrole nitrogens is 1. The van der Waals surface area contributed by atoms with Gasteiger partial charge in [-0.15, -0.1) is 0 Å². The largest absolute Gasteiger partial charge is 0.383 e. The van der Waals surface area contributed by atoms with Crippen LogP contribution in [0, 0.1) is 6.92 Å². The van der Waals surface area contributed by atoms with Gasteiger partial charge in [-0.25, -0.2) is 4.98 Å². The molecule has 0 aliphatic heterocycles. The average molecular weight is 226 g/mol. The molecule has 2 heterocycles. The molecule has 0 spiro atoms. The monoisotopic (exact) mass is 225 g/mol. The Bertz CT molecular complexity index is 394. The van der Waals surface area contributed by atoms with Crippen LogP contribution in [0.25, 0.3) is 11.0 Å².